The SMILES string of the molecule is N#Cc1c2ccccc2c(Br)c2ccccc12. The van der Waals surface area contributed by atoms with Crippen molar-refractivity contribution in [2.24, 2.45) is 0 Å². The van der Waals surface area contributed by atoms with Crippen molar-refractivity contribution < 1.29 is 0 Å². The van der Waals surface area contributed by atoms with Crippen LogP contribution in [-0.2, 0) is 0 Å². The minimum atomic E-state index is 0.749. The number of nitriles is 1. The third-order valence-corrected chi connectivity index (χ3v) is 3.83. The van der Waals surface area contributed by atoms with Crippen molar-refractivity contribution in [2.45, 2.75) is 0 Å². The Morgan fingerprint density at radius 2 is 1.18 bits per heavy atom. The van der Waals surface area contributed by atoms with Crippen molar-refractivity contribution in [1.29, 1.82) is 5.26 Å². The molecular weight excluding hydrogens is 274 g/mol. The number of halogens is 1. The summed E-state index contributed by atoms with van der Waals surface area (Å²) in [5.74, 6) is 0. The van der Waals surface area contributed by atoms with Crippen LogP contribution >= 0.6 is 15.9 Å². The highest BCUT2D eigenvalue weighted by Gasteiger charge is 2.10. The van der Waals surface area contributed by atoms with Crippen LogP contribution in [0.2, 0.25) is 0 Å². The molecule has 80 valence electrons. The lowest BCUT2D eigenvalue weighted by Gasteiger charge is -2.08. The van der Waals surface area contributed by atoms with Crippen LogP contribution in [0.15, 0.2) is 53.0 Å². The molecule has 0 bridgehead atoms. The summed E-state index contributed by atoms with van der Waals surface area (Å²) in [6, 6.07) is 18.3. The van der Waals surface area contributed by atoms with Gasteiger partial charge in [0.05, 0.1) is 5.56 Å². The van der Waals surface area contributed by atoms with E-state index in [1.807, 2.05) is 48.5 Å². The summed E-state index contributed by atoms with van der Waals surface area (Å²) in [4.78, 5) is 0. The lowest BCUT2D eigenvalue weighted by Crippen LogP contribution is -1.85. The first kappa shape index (κ1) is 10.3. The predicted octanol–water partition coefficient (Wildman–Crippen LogP) is 4.63. The summed E-state index contributed by atoms with van der Waals surface area (Å²) < 4.78 is 1.06. The average molecular weight is 282 g/mol. The summed E-state index contributed by atoms with van der Waals surface area (Å²) in [7, 11) is 0. The topological polar surface area (TPSA) is 23.8 Å². The van der Waals surface area contributed by atoms with E-state index in [4.69, 9.17) is 0 Å². The second-order valence-corrected chi connectivity index (χ2v) is 4.68. The highest BCUT2D eigenvalue weighted by Crippen LogP contribution is 2.35. The molecule has 0 fully saturated rings. The van der Waals surface area contributed by atoms with E-state index in [-0.39, 0.29) is 0 Å². The van der Waals surface area contributed by atoms with Gasteiger partial charge < -0.3 is 0 Å². The maximum absolute atomic E-state index is 9.36. The van der Waals surface area contributed by atoms with E-state index in [9.17, 15) is 5.26 Å². The lowest BCUT2D eigenvalue weighted by atomic mass is 9.98. The number of benzene rings is 3. The zero-order chi connectivity index (χ0) is 11.8. The molecule has 0 saturated carbocycles. The second kappa shape index (κ2) is 3.87. The van der Waals surface area contributed by atoms with Crippen molar-refractivity contribution >= 4 is 37.5 Å². The van der Waals surface area contributed by atoms with Crippen LogP contribution in [0.1, 0.15) is 5.56 Å². The van der Waals surface area contributed by atoms with Gasteiger partial charge in [-0.3, -0.25) is 0 Å². The molecule has 0 radical (unpaired) electrons. The molecule has 3 rings (SSSR count). The molecule has 0 saturated heterocycles. The number of hydrogen-bond donors (Lipinski definition) is 0. The number of rotatable bonds is 0. The second-order valence-electron chi connectivity index (χ2n) is 3.89. The van der Waals surface area contributed by atoms with E-state index in [0.717, 1.165) is 31.6 Å². The van der Waals surface area contributed by atoms with Gasteiger partial charge in [-0.1, -0.05) is 48.5 Å². The first-order chi connectivity index (χ1) is 8.33. The molecule has 0 aliphatic rings. The van der Waals surface area contributed by atoms with Crippen LogP contribution in [0.25, 0.3) is 21.5 Å². The quantitative estimate of drug-likeness (QED) is 0.551. The lowest BCUT2D eigenvalue weighted by molar-refractivity contribution is 1.51. The molecule has 0 aromatic heterocycles. The Balaban J connectivity index is 2.70. The minimum absolute atomic E-state index is 0.749. The van der Waals surface area contributed by atoms with E-state index in [1.165, 1.54) is 0 Å². The molecule has 0 amide bonds. The van der Waals surface area contributed by atoms with E-state index in [0.29, 0.717) is 0 Å². The molecule has 0 aliphatic heterocycles. The van der Waals surface area contributed by atoms with Crippen LogP contribution < -0.4 is 0 Å². The van der Waals surface area contributed by atoms with Crippen molar-refractivity contribution in [3.63, 3.8) is 0 Å². The van der Waals surface area contributed by atoms with Gasteiger partial charge in [-0.2, -0.15) is 5.26 Å². The Morgan fingerprint density at radius 1 is 0.765 bits per heavy atom. The Labute approximate surface area is 107 Å². The highest BCUT2D eigenvalue weighted by atomic mass is 79.9. The Kier molecular flexibility index (Phi) is 2.35. The molecular formula is C15H8BrN. The van der Waals surface area contributed by atoms with Gasteiger partial charge in [0.15, 0.2) is 0 Å². The van der Waals surface area contributed by atoms with Gasteiger partial charge in [0, 0.05) is 15.2 Å². The van der Waals surface area contributed by atoms with Crippen LogP contribution in [0.4, 0.5) is 0 Å². The summed E-state index contributed by atoms with van der Waals surface area (Å²) in [6.07, 6.45) is 0. The third-order valence-electron chi connectivity index (χ3n) is 2.98. The maximum atomic E-state index is 9.36. The van der Waals surface area contributed by atoms with E-state index in [2.05, 4.69) is 22.0 Å². The van der Waals surface area contributed by atoms with E-state index in [1.54, 1.807) is 0 Å². The molecule has 0 heterocycles. The average Bonchev–Trinajstić information content (AvgIpc) is 2.40. The summed E-state index contributed by atoms with van der Waals surface area (Å²) >= 11 is 3.64. The van der Waals surface area contributed by atoms with Crippen molar-refractivity contribution in [1.82, 2.24) is 0 Å². The standard InChI is InChI=1S/C15H8BrN/c16-15-12-7-3-1-5-10(12)14(9-17)11-6-2-4-8-13(11)15/h1-8H. The van der Waals surface area contributed by atoms with Crippen LogP contribution in [-0.4, -0.2) is 0 Å². The molecule has 0 N–H and O–H groups in total. The molecule has 0 spiro atoms. The smallest absolute Gasteiger partial charge is 0.100 e. The zero-order valence-electron chi connectivity index (χ0n) is 8.94. The fraction of sp³-hybridized carbons (Fsp3) is 0. The molecule has 3 aromatic carbocycles. The molecule has 0 atom stereocenters. The van der Waals surface area contributed by atoms with Gasteiger partial charge in [-0.25, -0.2) is 0 Å². The van der Waals surface area contributed by atoms with Crippen LogP contribution in [0, 0.1) is 11.3 Å². The third kappa shape index (κ3) is 1.44. The largest absolute Gasteiger partial charge is 0.192 e. The van der Waals surface area contributed by atoms with Gasteiger partial charge in [-0.05, 0) is 26.7 Å². The summed E-state index contributed by atoms with van der Waals surface area (Å²) in [6.45, 7) is 0. The van der Waals surface area contributed by atoms with Gasteiger partial charge in [0.1, 0.15) is 6.07 Å². The number of fused-ring (bicyclic) bond motifs is 2. The number of hydrogen-bond acceptors (Lipinski definition) is 1. The summed E-state index contributed by atoms with van der Waals surface area (Å²) in [5.41, 5.74) is 0.749. The first-order valence-corrected chi connectivity index (χ1v) is 6.11. The van der Waals surface area contributed by atoms with Gasteiger partial charge in [-0.15, -0.1) is 0 Å². The minimum Gasteiger partial charge on any atom is -0.192 e. The Morgan fingerprint density at radius 3 is 1.59 bits per heavy atom. The van der Waals surface area contributed by atoms with Crippen LogP contribution in [0.3, 0.4) is 0 Å². The highest BCUT2D eigenvalue weighted by molar-refractivity contribution is 9.10. The maximum Gasteiger partial charge on any atom is 0.100 e. The molecule has 0 aliphatic carbocycles. The van der Waals surface area contributed by atoms with Crippen molar-refractivity contribution in [3.05, 3.63) is 58.6 Å². The molecule has 3 aromatic rings. The van der Waals surface area contributed by atoms with Crippen molar-refractivity contribution in [2.75, 3.05) is 0 Å². The molecule has 17 heavy (non-hydrogen) atoms. The molecule has 0 unspecified atom stereocenters. The van der Waals surface area contributed by atoms with Gasteiger partial charge >= 0.3 is 0 Å². The predicted molar refractivity (Wildman–Crippen MR) is 73.9 cm³/mol. The fourth-order valence-electron chi connectivity index (χ4n) is 2.20. The Hall–Kier alpha value is -1.85. The van der Waals surface area contributed by atoms with Crippen molar-refractivity contribution in [3.8, 4) is 6.07 Å². The summed E-state index contributed by atoms with van der Waals surface area (Å²) in [5, 5.41) is 13.5. The van der Waals surface area contributed by atoms with Gasteiger partial charge in [0.25, 0.3) is 0 Å². The van der Waals surface area contributed by atoms with E-state index < -0.39 is 0 Å². The molecule has 2 heteroatoms. The fourth-order valence-corrected chi connectivity index (χ4v) is 2.89. The molecule has 1 nitrogen and oxygen atoms in total. The zero-order valence-corrected chi connectivity index (χ0v) is 10.5. The van der Waals surface area contributed by atoms with Gasteiger partial charge in [0.2, 0.25) is 0 Å². The van der Waals surface area contributed by atoms with E-state index >= 15 is 0 Å². The number of nitrogens with zero attached hydrogens (tertiary/aromatic N) is 1. The first-order valence-electron chi connectivity index (χ1n) is 5.32. The monoisotopic (exact) mass is 281 g/mol. The normalized spacial score (nSPS) is 10.6. The van der Waals surface area contributed by atoms with Crippen LogP contribution in [0.5, 0.6) is 0 Å². The Bertz CT molecular complexity index is 712.